The smallest absolute Gasteiger partial charge is 0.0646 e. The molecular formula is C15H14ClNS. The Morgan fingerprint density at radius 3 is 2.61 bits per heavy atom. The van der Waals surface area contributed by atoms with Crippen molar-refractivity contribution in [2.45, 2.75) is 22.5 Å². The standard InChI is InChI=1S/C15H14ClNS/c16-13-8-11(6-7-14(13)17)18-15-9-12(15)10-4-2-1-3-5-10/h1-8,12,15H,9,17H2. The first-order valence-electron chi connectivity index (χ1n) is 6.00. The van der Waals surface area contributed by atoms with Crippen LogP contribution in [-0.2, 0) is 0 Å². The molecule has 92 valence electrons. The number of hydrogen-bond acceptors (Lipinski definition) is 2. The molecule has 2 N–H and O–H groups in total. The van der Waals surface area contributed by atoms with E-state index in [1.54, 1.807) is 0 Å². The highest BCUT2D eigenvalue weighted by Gasteiger charge is 2.38. The molecule has 0 saturated heterocycles. The Bertz CT molecular complexity index is 556. The van der Waals surface area contributed by atoms with Crippen LogP contribution in [0, 0.1) is 0 Å². The lowest BCUT2D eigenvalue weighted by Gasteiger charge is -2.04. The second-order valence-electron chi connectivity index (χ2n) is 4.59. The quantitative estimate of drug-likeness (QED) is 0.831. The van der Waals surface area contributed by atoms with Gasteiger partial charge in [-0.15, -0.1) is 11.8 Å². The number of thioether (sulfide) groups is 1. The highest BCUT2D eigenvalue weighted by atomic mass is 35.5. The van der Waals surface area contributed by atoms with Gasteiger partial charge in [0.2, 0.25) is 0 Å². The van der Waals surface area contributed by atoms with Crippen LogP contribution in [0.15, 0.2) is 53.4 Å². The Labute approximate surface area is 116 Å². The molecule has 0 aromatic heterocycles. The van der Waals surface area contributed by atoms with E-state index < -0.39 is 0 Å². The van der Waals surface area contributed by atoms with E-state index >= 15 is 0 Å². The largest absolute Gasteiger partial charge is 0.398 e. The van der Waals surface area contributed by atoms with Crippen LogP contribution in [0.1, 0.15) is 17.9 Å². The third-order valence-electron chi connectivity index (χ3n) is 3.22. The van der Waals surface area contributed by atoms with Crippen molar-refractivity contribution >= 4 is 29.1 Å². The van der Waals surface area contributed by atoms with Gasteiger partial charge in [0.1, 0.15) is 0 Å². The minimum Gasteiger partial charge on any atom is -0.398 e. The second-order valence-corrected chi connectivity index (χ2v) is 6.31. The summed E-state index contributed by atoms with van der Waals surface area (Å²) in [5.74, 6) is 0.688. The summed E-state index contributed by atoms with van der Waals surface area (Å²) in [7, 11) is 0. The van der Waals surface area contributed by atoms with E-state index in [4.69, 9.17) is 17.3 Å². The van der Waals surface area contributed by atoms with Crippen molar-refractivity contribution < 1.29 is 0 Å². The van der Waals surface area contributed by atoms with Gasteiger partial charge in [-0.05, 0) is 36.1 Å². The minimum absolute atomic E-state index is 0.649. The maximum Gasteiger partial charge on any atom is 0.0646 e. The fraction of sp³-hybridized carbons (Fsp3) is 0.200. The first kappa shape index (κ1) is 11.9. The van der Waals surface area contributed by atoms with E-state index in [-0.39, 0.29) is 0 Å². The van der Waals surface area contributed by atoms with Gasteiger partial charge < -0.3 is 5.73 Å². The van der Waals surface area contributed by atoms with Crippen molar-refractivity contribution in [2.75, 3.05) is 5.73 Å². The third-order valence-corrected chi connectivity index (χ3v) is 4.90. The summed E-state index contributed by atoms with van der Waals surface area (Å²) in [6.45, 7) is 0. The third kappa shape index (κ3) is 2.50. The van der Waals surface area contributed by atoms with Gasteiger partial charge in [0, 0.05) is 10.1 Å². The van der Waals surface area contributed by atoms with Gasteiger partial charge in [0.05, 0.1) is 10.7 Å². The average molecular weight is 276 g/mol. The van der Waals surface area contributed by atoms with Crippen LogP contribution in [0.4, 0.5) is 5.69 Å². The normalized spacial score (nSPS) is 21.8. The molecule has 0 heterocycles. The molecule has 1 nitrogen and oxygen atoms in total. The summed E-state index contributed by atoms with van der Waals surface area (Å²) in [6.07, 6.45) is 1.25. The number of rotatable bonds is 3. The fourth-order valence-electron chi connectivity index (χ4n) is 2.11. The molecule has 2 atom stereocenters. The molecule has 0 amide bonds. The van der Waals surface area contributed by atoms with E-state index in [9.17, 15) is 0 Å². The van der Waals surface area contributed by atoms with Crippen LogP contribution in [-0.4, -0.2) is 5.25 Å². The Kier molecular flexibility index (Phi) is 3.23. The summed E-state index contributed by atoms with van der Waals surface area (Å²) in [5, 5.41) is 1.32. The number of nitrogens with two attached hydrogens (primary N) is 1. The number of halogens is 1. The van der Waals surface area contributed by atoms with Crippen LogP contribution in [0.2, 0.25) is 5.02 Å². The van der Waals surface area contributed by atoms with E-state index in [0.717, 1.165) is 0 Å². The van der Waals surface area contributed by atoms with Gasteiger partial charge >= 0.3 is 0 Å². The Balaban J connectivity index is 1.67. The first-order valence-corrected chi connectivity index (χ1v) is 7.26. The molecule has 0 spiro atoms. The molecule has 3 rings (SSSR count). The zero-order valence-electron chi connectivity index (χ0n) is 9.84. The van der Waals surface area contributed by atoms with Crippen molar-refractivity contribution in [3.63, 3.8) is 0 Å². The molecule has 2 aromatic carbocycles. The van der Waals surface area contributed by atoms with E-state index in [2.05, 4.69) is 30.3 Å². The van der Waals surface area contributed by atoms with Crippen molar-refractivity contribution in [1.82, 2.24) is 0 Å². The summed E-state index contributed by atoms with van der Waals surface area (Å²) in [6, 6.07) is 16.6. The van der Waals surface area contributed by atoms with Gasteiger partial charge in [-0.3, -0.25) is 0 Å². The lowest BCUT2D eigenvalue weighted by molar-refractivity contribution is 1.13. The first-order chi connectivity index (χ1) is 8.74. The summed E-state index contributed by atoms with van der Waals surface area (Å²) < 4.78 is 0. The lowest BCUT2D eigenvalue weighted by Crippen LogP contribution is -1.87. The second kappa shape index (κ2) is 4.87. The molecule has 3 heteroatoms. The molecule has 1 saturated carbocycles. The topological polar surface area (TPSA) is 26.0 Å². The summed E-state index contributed by atoms with van der Waals surface area (Å²) in [5.41, 5.74) is 7.80. The molecule has 1 aliphatic carbocycles. The maximum atomic E-state index is 6.03. The molecule has 0 radical (unpaired) electrons. The van der Waals surface area contributed by atoms with E-state index in [0.29, 0.717) is 21.9 Å². The van der Waals surface area contributed by atoms with Crippen LogP contribution in [0.25, 0.3) is 0 Å². The van der Waals surface area contributed by atoms with Crippen LogP contribution >= 0.6 is 23.4 Å². The highest BCUT2D eigenvalue weighted by Crippen LogP contribution is 2.51. The molecule has 0 aliphatic heterocycles. The lowest BCUT2D eigenvalue weighted by atomic mass is 10.1. The number of nitrogen functional groups attached to an aromatic ring is 1. The van der Waals surface area contributed by atoms with Crippen LogP contribution < -0.4 is 5.73 Å². The summed E-state index contributed by atoms with van der Waals surface area (Å²) >= 11 is 7.93. The van der Waals surface area contributed by atoms with Gasteiger partial charge in [-0.1, -0.05) is 41.9 Å². The van der Waals surface area contributed by atoms with E-state index in [1.165, 1.54) is 16.9 Å². The molecule has 2 unspecified atom stereocenters. The van der Waals surface area contributed by atoms with Gasteiger partial charge in [0.25, 0.3) is 0 Å². The van der Waals surface area contributed by atoms with Gasteiger partial charge in [-0.2, -0.15) is 0 Å². The molecule has 18 heavy (non-hydrogen) atoms. The number of benzene rings is 2. The zero-order valence-corrected chi connectivity index (χ0v) is 11.4. The van der Waals surface area contributed by atoms with Crippen molar-refractivity contribution in [3.05, 3.63) is 59.1 Å². The van der Waals surface area contributed by atoms with Crippen molar-refractivity contribution in [2.24, 2.45) is 0 Å². The SMILES string of the molecule is Nc1ccc(SC2CC2c2ccccc2)cc1Cl. The Morgan fingerprint density at radius 1 is 1.11 bits per heavy atom. The molecule has 1 fully saturated rings. The van der Waals surface area contributed by atoms with Crippen LogP contribution in [0.3, 0.4) is 0 Å². The van der Waals surface area contributed by atoms with Crippen LogP contribution in [0.5, 0.6) is 0 Å². The Hall–Kier alpha value is -1.12. The maximum absolute atomic E-state index is 6.03. The molecular weight excluding hydrogens is 262 g/mol. The van der Waals surface area contributed by atoms with Gasteiger partial charge in [-0.25, -0.2) is 0 Å². The number of anilines is 1. The van der Waals surface area contributed by atoms with Crippen molar-refractivity contribution in [1.29, 1.82) is 0 Å². The van der Waals surface area contributed by atoms with E-state index in [1.807, 2.05) is 30.0 Å². The zero-order chi connectivity index (χ0) is 12.5. The highest BCUT2D eigenvalue weighted by molar-refractivity contribution is 8.00. The Morgan fingerprint density at radius 2 is 1.89 bits per heavy atom. The number of hydrogen-bond donors (Lipinski definition) is 1. The fourth-order valence-corrected chi connectivity index (χ4v) is 3.66. The predicted molar refractivity (Wildman–Crippen MR) is 79.3 cm³/mol. The predicted octanol–water partition coefficient (Wildman–Crippen LogP) is 4.57. The van der Waals surface area contributed by atoms with Gasteiger partial charge in [0.15, 0.2) is 0 Å². The molecule has 1 aliphatic rings. The minimum atomic E-state index is 0.649. The average Bonchev–Trinajstić information content (AvgIpc) is 3.14. The summed E-state index contributed by atoms with van der Waals surface area (Å²) in [4.78, 5) is 1.21. The van der Waals surface area contributed by atoms with Crippen molar-refractivity contribution in [3.8, 4) is 0 Å². The molecule has 2 aromatic rings. The molecule has 0 bridgehead atoms. The monoisotopic (exact) mass is 275 g/mol.